The maximum atomic E-state index is 13.2. The van der Waals surface area contributed by atoms with Crippen LogP contribution in [-0.2, 0) is 0 Å². The van der Waals surface area contributed by atoms with E-state index >= 15 is 0 Å². The van der Waals surface area contributed by atoms with Crippen molar-refractivity contribution in [3.05, 3.63) is 75.8 Å². The zero-order valence-electron chi connectivity index (χ0n) is 17.0. The average Bonchev–Trinajstić information content (AvgIpc) is 3.19. The quantitative estimate of drug-likeness (QED) is 0.509. The molecule has 0 aliphatic carbocycles. The largest absolute Gasteiger partial charge is 0.489 e. The first-order valence-electron chi connectivity index (χ1n) is 9.64. The Morgan fingerprint density at radius 3 is 2.61 bits per heavy atom. The van der Waals surface area contributed by atoms with E-state index in [1.54, 1.807) is 35.0 Å². The van der Waals surface area contributed by atoms with Crippen molar-refractivity contribution in [2.75, 3.05) is 13.2 Å². The summed E-state index contributed by atoms with van der Waals surface area (Å²) >= 11 is 12.0. The summed E-state index contributed by atoms with van der Waals surface area (Å²) in [7, 11) is 0. The Balaban J connectivity index is 1.65. The molecular weight excluding hydrogens is 444 g/mol. The summed E-state index contributed by atoms with van der Waals surface area (Å²) < 4.78 is 20.3. The normalized spacial score (nSPS) is 12.1. The van der Waals surface area contributed by atoms with Gasteiger partial charge in [0.05, 0.1) is 28.2 Å². The van der Waals surface area contributed by atoms with E-state index < -0.39 is 6.10 Å². The molecule has 3 aromatic rings. The molecule has 2 aromatic carbocycles. The monoisotopic (exact) mass is 465 g/mol. The molecule has 164 valence electrons. The molecule has 31 heavy (non-hydrogen) atoms. The van der Waals surface area contributed by atoms with Crippen LogP contribution in [0.25, 0.3) is 5.69 Å². The van der Waals surface area contributed by atoms with Gasteiger partial charge in [-0.1, -0.05) is 43.1 Å². The highest BCUT2D eigenvalue weighted by Gasteiger charge is 2.21. The Kier molecular flexibility index (Phi) is 7.54. The van der Waals surface area contributed by atoms with Crippen LogP contribution in [0.15, 0.2) is 48.7 Å². The number of hydrogen-bond acceptors (Lipinski definition) is 4. The van der Waals surface area contributed by atoms with Gasteiger partial charge in [-0.05, 0) is 42.3 Å². The molecule has 0 saturated carbocycles. The van der Waals surface area contributed by atoms with Gasteiger partial charge in [-0.15, -0.1) is 0 Å². The van der Waals surface area contributed by atoms with E-state index in [1.165, 1.54) is 18.3 Å². The molecule has 0 saturated heterocycles. The summed E-state index contributed by atoms with van der Waals surface area (Å²) in [6, 6.07) is 10.8. The van der Waals surface area contributed by atoms with Gasteiger partial charge < -0.3 is 15.2 Å². The maximum Gasteiger partial charge on any atom is 0.254 e. The third kappa shape index (κ3) is 5.55. The van der Waals surface area contributed by atoms with Gasteiger partial charge in [0.25, 0.3) is 5.91 Å². The van der Waals surface area contributed by atoms with Crippen LogP contribution >= 0.6 is 23.2 Å². The van der Waals surface area contributed by atoms with Gasteiger partial charge in [-0.2, -0.15) is 5.10 Å². The van der Waals surface area contributed by atoms with Crippen molar-refractivity contribution in [1.82, 2.24) is 15.1 Å². The van der Waals surface area contributed by atoms with Crippen molar-refractivity contribution in [1.29, 1.82) is 0 Å². The Bertz CT molecular complexity index is 1050. The number of halogens is 3. The second-order valence-corrected chi connectivity index (χ2v) is 8.00. The van der Waals surface area contributed by atoms with Crippen molar-refractivity contribution < 1.29 is 19.0 Å². The average molecular weight is 466 g/mol. The highest BCUT2D eigenvalue weighted by atomic mass is 35.5. The molecule has 1 amide bonds. The Morgan fingerprint density at radius 2 is 1.94 bits per heavy atom. The summed E-state index contributed by atoms with van der Waals surface area (Å²) in [5, 5.41) is 17.8. The molecule has 0 bridgehead atoms. The van der Waals surface area contributed by atoms with E-state index in [0.29, 0.717) is 27.7 Å². The summed E-state index contributed by atoms with van der Waals surface area (Å²) in [6.45, 7) is 3.76. The number of rotatable bonds is 8. The molecule has 0 aliphatic heterocycles. The molecular formula is C22H22Cl2FN3O3. The lowest BCUT2D eigenvalue weighted by Crippen LogP contribution is -2.35. The van der Waals surface area contributed by atoms with Crippen molar-refractivity contribution in [3.63, 3.8) is 0 Å². The second-order valence-electron chi connectivity index (χ2n) is 7.21. The van der Waals surface area contributed by atoms with Gasteiger partial charge in [0.2, 0.25) is 0 Å². The minimum atomic E-state index is -0.964. The zero-order valence-corrected chi connectivity index (χ0v) is 18.5. The number of ether oxygens (including phenoxy) is 1. The Hall–Kier alpha value is -2.61. The number of nitrogens with zero attached hydrogens (tertiary/aromatic N) is 2. The van der Waals surface area contributed by atoms with Gasteiger partial charge in [-0.25, -0.2) is 9.07 Å². The van der Waals surface area contributed by atoms with E-state index in [-0.39, 0.29) is 35.8 Å². The van der Waals surface area contributed by atoms with E-state index in [1.807, 2.05) is 13.8 Å². The van der Waals surface area contributed by atoms with Gasteiger partial charge >= 0.3 is 0 Å². The van der Waals surface area contributed by atoms with E-state index in [4.69, 9.17) is 27.9 Å². The van der Waals surface area contributed by atoms with E-state index in [0.717, 1.165) is 0 Å². The molecule has 1 aromatic heterocycles. The third-order valence-electron chi connectivity index (χ3n) is 4.51. The molecule has 0 fully saturated rings. The van der Waals surface area contributed by atoms with Crippen molar-refractivity contribution >= 4 is 29.1 Å². The lowest BCUT2D eigenvalue weighted by atomic mass is 10.0. The third-order valence-corrected chi connectivity index (χ3v) is 5.32. The standard InChI is InChI=1S/C22H22Cl2FN3O3/c1-13(2)21-17(11-27-28(21)15-8-6-14(25)7-9-15)22(30)26-10-16(29)12-31-19-5-3-4-18(23)20(19)24/h3-9,11,13,16,29H,10,12H2,1-2H3,(H,26,30). The molecule has 2 N–H and O–H groups in total. The van der Waals surface area contributed by atoms with Gasteiger partial charge in [-0.3, -0.25) is 4.79 Å². The molecule has 0 aliphatic rings. The summed E-state index contributed by atoms with van der Waals surface area (Å²) in [4.78, 5) is 12.7. The van der Waals surface area contributed by atoms with Gasteiger partial charge in [0.1, 0.15) is 29.3 Å². The number of aromatic nitrogens is 2. The van der Waals surface area contributed by atoms with Crippen LogP contribution in [0.2, 0.25) is 10.0 Å². The van der Waals surface area contributed by atoms with Crippen LogP contribution in [0, 0.1) is 5.82 Å². The van der Waals surface area contributed by atoms with Gasteiger partial charge in [0.15, 0.2) is 0 Å². The number of hydrogen-bond donors (Lipinski definition) is 2. The SMILES string of the molecule is CC(C)c1c(C(=O)NCC(O)COc2cccc(Cl)c2Cl)cnn1-c1ccc(F)cc1. The van der Waals surface area contributed by atoms with Crippen LogP contribution in [0.5, 0.6) is 5.75 Å². The topological polar surface area (TPSA) is 76.4 Å². The molecule has 0 spiro atoms. The molecule has 1 atom stereocenters. The van der Waals surface area contributed by atoms with Crippen LogP contribution in [0.4, 0.5) is 4.39 Å². The predicted octanol–water partition coefficient (Wildman–Crippen LogP) is 4.61. The fraction of sp³-hybridized carbons (Fsp3) is 0.273. The zero-order chi connectivity index (χ0) is 22.5. The molecule has 1 heterocycles. The summed E-state index contributed by atoms with van der Waals surface area (Å²) in [5.41, 5.74) is 1.71. The first-order chi connectivity index (χ1) is 14.8. The summed E-state index contributed by atoms with van der Waals surface area (Å²) in [5.74, 6) is -0.402. The van der Waals surface area contributed by atoms with Gasteiger partial charge in [0, 0.05) is 6.54 Å². The number of benzene rings is 2. The lowest BCUT2D eigenvalue weighted by Gasteiger charge is -2.15. The number of aliphatic hydroxyl groups excluding tert-OH is 1. The van der Waals surface area contributed by atoms with Crippen LogP contribution in [-0.4, -0.2) is 40.0 Å². The fourth-order valence-corrected chi connectivity index (χ4v) is 3.37. The first kappa shape index (κ1) is 23.1. The van der Waals surface area contributed by atoms with Crippen molar-refractivity contribution in [3.8, 4) is 11.4 Å². The molecule has 6 nitrogen and oxygen atoms in total. The highest BCUT2D eigenvalue weighted by Crippen LogP contribution is 2.31. The number of carbonyl (C=O) groups excluding carboxylic acids is 1. The minimum absolute atomic E-state index is 0.0217. The van der Waals surface area contributed by atoms with Crippen molar-refractivity contribution in [2.45, 2.75) is 25.9 Å². The predicted molar refractivity (Wildman–Crippen MR) is 118 cm³/mol. The molecule has 0 radical (unpaired) electrons. The molecule has 1 unspecified atom stereocenters. The van der Waals surface area contributed by atoms with Crippen LogP contribution in [0.3, 0.4) is 0 Å². The minimum Gasteiger partial charge on any atom is -0.489 e. The van der Waals surface area contributed by atoms with E-state index in [9.17, 15) is 14.3 Å². The Labute approximate surface area is 189 Å². The molecule has 9 heteroatoms. The first-order valence-corrected chi connectivity index (χ1v) is 10.4. The smallest absolute Gasteiger partial charge is 0.254 e. The maximum absolute atomic E-state index is 13.2. The van der Waals surface area contributed by atoms with Crippen LogP contribution < -0.4 is 10.1 Å². The number of carbonyl (C=O) groups is 1. The van der Waals surface area contributed by atoms with E-state index in [2.05, 4.69) is 10.4 Å². The number of amides is 1. The van der Waals surface area contributed by atoms with Crippen LogP contribution in [0.1, 0.15) is 35.8 Å². The lowest BCUT2D eigenvalue weighted by molar-refractivity contribution is 0.0843. The Morgan fingerprint density at radius 1 is 1.23 bits per heavy atom. The fourth-order valence-electron chi connectivity index (χ4n) is 3.02. The second kappa shape index (κ2) is 10.1. The number of nitrogens with one attached hydrogen (secondary N) is 1. The highest BCUT2D eigenvalue weighted by molar-refractivity contribution is 6.42. The number of aliphatic hydroxyl groups is 1. The van der Waals surface area contributed by atoms with Crippen molar-refractivity contribution in [2.24, 2.45) is 0 Å². The summed E-state index contributed by atoms with van der Waals surface area (Å²) in [6.07, 6.45) is 0.497. The molecule has 3 rings (SSSR count).